The molecule has 2 heterocycles. The number of methoxy groups -OCH3 is 1. The first-order chi connectivity index (χ1) is 13.6. The van der Waals surface area contributed by atoms with E-state index in [9.17, 15) is 9.59 Å². The molecule has 5 heteroatoms. The van der Waals surface area contributed by atoms with E-state index in [1.165, 1.54) is 7.11 Å². The third-order valence-corrected chi connectivity index (χ3v) is 5.52. The van der Waals surface area contributed by atoms with Gasteiger partial charge in [-0.05, 0) is 36.5 Å². The van der Waals surface area contributed by atoms with Crippen LogP contribution in [-0.4, -0.2) is 23.8 Å². The predicted molar refractivity (Wildman–Crippen MR) is 105 cm³/mol. The molecule has 28 heavy (non-hydrogen) atoms. The zero-order chi connectivity index (χ0) is 19.7. The first kappa shape index (κ1) is 18.2. The molecule has 2 aromatic rings. The summed E-state index contributed by atoms with van der Waals surface area (Å²) in [4.78, 5) is 30.0. The Kier molecular flexibility index (Phi) is 4.82. The van der Waals surface area contributed by atoms with Gasteiger partial charge in [0, 0.05) is 41.7 Å². The van der Waals surface area contributed by atoms with Crippen LogP contribution in [-0.2, 0) is 14.3 Å². The molecule has 1 N–H and O–H groups in total. The number of nitrogens with zero attached hydrogens (tertiary/aromatic N) is 1. The number of aromatic nitrogens is 1. The second kappa shape index (κ2) is 7.43. The van der Waals surface area contributed by atoms with E-state index in [1.807, 2.05) is 37.3 Å². The number of dihydropyridines is 1. The summed E-state index contributed by atoms with van der Waals surface area (Å²) >= 11 is 0. The molecule has 142 valence electrons. The van der Waals surface area contributed by atoms with Crippen LogP contribution in [0, 0.1) is 0 Å². The second-order valence-electron chi connectivity index (χ2n) is 7.21. The fraction of sp³-hybridized carbons (Fsp3) is 0.261. The van der Waals surface area contributed by atoms with Gasteiger partial charge in [0.15, 0.2) is 5.78 Å². The Labute approximate surface area is 164 Å². The summed E-state index contributed by atoms with van der Waals surface area (Å²) in [7, 11) is 1.36. The maximum Gasteiger partial charge on any atom is 0.336 e. The number of esters is 1. The van der Waals surface area contributed by atoms with E-state index >= 15 is 0 Å². The van der Waals surface area contributed by atoms with E-state index in [4.69, 9.17) is 4.74 Å². The molecule has 0 saturated carbocycles. The van der Waals surface area contributed by atoms with Crippen molar-refractivity contribution in [2.45, 2.75) is 31.6 Å². The number of rotatable bonds is 3. The van der Waals surface area contributed by atoms with Gasteiger partial charge < -0.3 is 10.1 Å². The van der Waals surface area contributed by atoms with Crippen LogP contribution in [0.1, 0.15) is 42.7 Å². The summed E-state index contributed by atoms with van der Waals surface area (Å²) in [5.74, 6) is -0.697. The molecule has 0 spiro atoms. The summed E-state index contributed by atoms with van der Waals surface area (Å²) in [5, 5.41) is 3.33. The zero-order valence-corrected chi connectivity index (χ0v) is 15.9. The van der Waals surface area contributed by atoms with E-state index in [-0.39, 0.29) is 11.7 Å². The lowest BCUT2D eigenvalue weighted by Crippen LogP contribution is -2.36. The third-order valence-electron chi connectivity index (χ3n) is 5.52. The van der Waals surface area contributed by atoms with Crippen LogP contribution in [0.25, 0.3) is 0 Å². The zero-order valence-electron chi connectivity index (χ0n) is 15.9. The topological polar surface area (TPSA) is 68.3 Å². The summed E-state index contributed by atoms with van der Waals surface area (Å²) in [5.41, 5.74) is 4.72. The fourth-order valence-corrected chi connectivity index (χ4v) is 4.26. The molecule has 1 aliphatic carbocycles. The number of ether oxygens (including phenoxy) is 1. The number of Topliss-reactive ketones (excluding diaryl/α,β-unsaturated/α-hetero) is 1. The van der Waals surface area contributed by atoms with Crippen LogP contribution < -0.4 is 5.32 Å². The van der Waals surface area contributed by atoms with Crippen molar-refractivity contribution in [2.75, 3.05) is 7.11 Å². The van der Waals surface area contributed by atoms with Crippen molar-refractivity contribution in [3.05, 3.63) is 88.5 Å². The van der Waals surface area contributed by atoms with Crippen LogP contribution in [0.2, 0.25) is 0 Å². The van der Waals surface area contributed by atoms with Gasteiger partial charge in [-0.1, -0.05) is 36.4 Å². The first-order valence-electron chi connectivity index (χ1n) is 9.37. The third kappa shape index (κ3) is 3.13. The molecule has 0 bridgehead atoms. The molecule has 1 aromatic heterocycles. The number of allylic oxidation sites excluding steroid dienone is 3. The molecular formula is C23H22N2O3. The van der Waals surface area contributed by atoms with E-state index in [1.54, 1.807) is 12.4 Å². The minimum atomic E-state index is -0.457. The molecular weight excluding hydrogens is 352 g/mol. The summed E-state index contributed by atoms with van der Waals surface area (Å²) in [6.07, 6.45) is 4.55. The van der Waals surface area contributed by atoms with Crippen molar-refractivity contribution in [2.24, 2.45) is 0 Å². The maximum atomic E-state index is 13.3. The number of benzene rings is 1. The van der Waals surface area contributed by atoms with Gasteiger partial charge in [-0.25, -0.2) is 4.79 Å². The average Bonchev–Trinajstić information content (AvgIpc) is 2.73. The average molecular weight is 374 g/mol. The van der Waals surface area contributed by atoms with Gasteiger partial charge in [-0.15, -0.1) is 0 Å². The summed E-state index contributed by atoms with van der Waals surface area (Å²) in [6, 6.07) is 13.8. The normalized spacial score (nSPS) is 21.9. The van der Waals surface area contributed by atoms with Gasteiger partial charge >= 0.3 is 5.97 Å². The highest BCUT2D eigenvalue weighted by Gasteiger charge is 2.41. The molecule has 5 nitrogen and oxygen atoms in total. The molecule has 4 rings (SSSR count). The molecule has 0 fully saturated rings. The van der Waals surface area contributed by atoms with Crippen molar-refractivity contribution in [3.8, 4) is 0 Å². The van der Waals surface area contributed by atoms with Crippen molar-refractivity contribution in [3.63, 3.8) is 0 Å². The molecule has 2 aliphatic rings. The lowest BCUT2D eigenvalue weighted by atomic mass is 9.72. The molecule has 0 amide bonds. The monoisotopic (exact) mass is 374 g/mol. The number of pyridine rings is 1. The highest BCUT2D eigenvalue weighted by atomic mass is 16.5. The van der Waals surface area contributed by atoms with Crippen molar-refractivity contribution in [1.29, 1.82) is 0 Å². The van der Waals surface area contributed by atoms with Gasteiger partial charge in [0.1, 0.15) is 0 Å². The standard InChI is InChI=1S/C23H22N2O3/c1-14-20(23(27)28-2)21(16-9-6-10-24-13-16)22-18(25-14)11-17(12-19(22)26)15-7-4-3-5-8-15/h3-10,13,17,21,25H,11-12H2,1-2H3/t17-,21-/m1/s1. The molecule has 0 radical (unpaired) electrons. The van der Waals surface area contributed by atoms with Crippen LogP contribution >= 0.6 is 0 Å². The molecule has 1 aliphatic heterocycles. The Bertz CT molecular complexity index is 977. The molecule has 1 aromatic carbocycles. The SMILES string of the molecule is COC(=O)C1=C(C)NC2=C(C(=O)C[C@H](c3ccccc3)C2)[C@@H]1c1cccnc1. The number of hydrogen-bond acceptors (Lipinski definition) is 5. The van der Waals surface area contributed by atoms with Gasteiger partial charge in [0.25, 0.3) is 0 Å². The van der Waals surface area contributed by atoms with Crippen LogP contribution in [0.15, 0.2) is 77.4 Å². The van der Waals surface area contributed by atoms with E-state index in [0.717, 1.165) is 28.9 Å². The highest BCUT2D eigenvalue weighted by Crippen LogP contribution is 2.45. The quantitative estimate of drug-likeness (QED) is 0.831. The largest absolute Gasteiger partial charge is 0.466 e. The van der Waals surface area contributed by atoms with Crippen LogP contribution in [0.3, 0.4) is 0 Å². The first-order valence-corrected chi connectivity index (χ1v) is 9.37. The smallest absolute Gasteiger partial charge is 0.336 e. The minimum Gasteiger partial charge on any atom is -0.466 e. The fourth-order valence-electron chi connectivity index (χ4n) is 4.26. The second-order valence-corrected chi connectivity index (χ2v) is 7.21. The number of ketones is 1. The molecule has 0 saturated heterocycles. The molecule has 2 atom stereocenters. The lowest BCUT2D eigenvalue weighted by molar-refractivity contribution is -0.136. The van der Waals surface area contributed by atoms with Gasteiger partial charge in [0.05, 0.1) is 12.7 Å². The highest BCUT2D eigenvalue weighted by molar-refractivity contribution is 6.04. The van der Waals surface area contributed by atoms with Crippen molar-refractivity contribution in [1.82, 2.24) is 10.3 Å². The number of nitrogens with one attached hydrogen (secondary N) is 1. The van der Waals surface area contributed by atoms with Gasteiger partial charge in [-0.3, -0.25) is 9.78 Å². The Hall–Kier alpha value is -3.21. The minimum absolute atomic E-state index is 0.0605. The van der Waals surface area contributed by atoms with Crippen molar-refractivity contribution >= 4 is 11.8 Å². The predicted octanol–water partition coefficient (Wildman–Crippen LogP) is 3.62. The number of carbonyl (C=O) groups excluding carboxylic acids is 2. The summed E-state index contributed by atoms with van der Waals surface area (Å²) in [6.45, 7) is 1.86. The van der Waals surface area contributed by atoms with E-state index in [0.29, 0.717) is 17.6 Å². The molecule has 0 unspecified atom stereocenters. The number of hydrogen-bond donors (Lipinski definition) is 1. The number of carbonyl (C=O) groups is 2. The van der Waals surface area contributed by atoms with Gasteiger partial charge in [-0.2, -0.15) is 0 Å². The maximum absolute atomic E-state index is 13.3. The van der Waals surface area contributed by atoms with Crippen LogP contribution in [0.5, 0.6) is 0 Å². The van der Waals surface area contributed by atoms with Crippen molar-refractivity contribution < 1.29 is 14.3 Å². The Morgan fingerprint density at radius 1 is 1.11 bits per heavy atom. The Morgan fingerprint density at radius 2 is 1.86 bits per heavy atom. The van der Waals surface area contributed by atoms with E-state index in [2.05, 4.69) is 22.4 Å². The van der Waals surface area contributed by atoms with Gasteiger partial charge in [0.2, 0.25) is 0 Å². The Morgan fingerprint density at radius 3 is 2.54 bits per heavy atom. The van der Waals surface area contributed by atoms with E-state index < -0.39 is 11.9 Å². The summed E-state index contributed by atoms with van der Waals surface area (Å²) < 4.78 is 5.03. The Balaban J connectivity index is 1.81. The van der Waals surface area contributed by atoms with Crippen LogP contribution in [0.4, 0.5) is 0 Å². The lowest BCUT2D eigenvalue weighted by Gasteiger charge is -2.36.